The van der Waals surface area contributed by atoms with Crippen molar-refractivity contribution < 1.29 is 14.3 Å². The van der Waals surface area contributed by atoms with Crippen LogP contribution in [0, 0.1) is 58.2 Å². The molecule has 1 aromatic carbocycles. The summed E-state index contributed by atoms with van der Waals surface area (Å²) in [5, 5.41) is 3.13. The van der Waals surface area contributed by atoms with Gasteiger partial charge in [-0.1, -0.05) is 57.6 Å². The molecule has 37 heavy (non-hydrogen) atoms. The van der Waals surface area contributed by atoms with Gasteiger partial charge >= 0.3 is 0 Å². The van der Waals surface area contributed by atoms with Crippen LogP contribution < -0.4 is 10.1 Å². The maximum atomic E-state index is 14.9. The number of hydrogen-bond donors (Lipinski definition) is 1. The van der Waals surface area contributed by atoms with Crippen LogP contribution in [0.3, 0.4) is 0 Å². The number of allylic oxidation sites excluding steroid dienone is 3. The molecule has 2 bridgehead atoms. The zero-order valence-electron chi connectivity index (χ0n) is 23.3. The topological polar surface area (TPSA) is 55.4 Å². The van der Waals surface area contributed by atoms with Crippen LogP contribution in [-0.2, 0) is 16.0 Å². The van der Waals surface area contributed by atoms with E-state index in [1.54, 1.807) is 0 Å². The van der Waals surface area contributed by atoms with Crippen molar-refractivity contribution in [1.82, 2.24) is 5.32 Å². The van der Waals surface area contributed by atoms with Gasteiger partial charge in [0, 0.05) is 35.1 Å². The van der Waals surface area contributed by atoms with Gasteiger partial charge in [-0.25, -0.2) is 0 Å². The maximum Gasteiger partial charge on any atom is 0.224 e. The minimum Gasteiger partial charge on any atom is -0.490 e. The molecule has 4 heteroatoms. The Morgan fingerprint density at radius 3 is 2.46 bits per heavy atom. The van der Waals surface area contributed by atoms with Crippen molar-refractivity contribution in [3.05, 3.63) is 54.1 Å². The van der Waals surface area contributed by atoms with Crippen LogP contribution in [0.25, 0.3) is 0 Å². The second kappa shape index (κ2) is 8.32. The summed E-state index contributed by atoms with van der Waals surface area (Å²) in [5.74, 6) is 1.99. The third-order valence-corrected chi connectivity index (χ3v) is 11.3. The van der Waals surface area contributed by atoms with Gasteiger partial charge in [0.25, 0.3) is 0 Å². The molecule has 2 saturated carbocycles. The molecule has 1 saturated heterocycles. The number of fused-ring (bicyclic) bond motifs is 4. The van der Waals surface area contributed by atoms with Crippen LogP contribution in [0.5, 0.6) is 5.75 Å². The zero-order chi connectivity index (χ0) is 26.4. The largest absolute Gasteiger partial charge is 0.490 e. The molecule has 3 heterocycles. The van der Waals surface area contributed by atoms with Gasteiger partial charge in [0.05, 0.1) is 5.92 Å². The maximum absolute atomic E-state index is 14.9. The Labute approximate surface area is 222 Å². The molecule has 4 nitrogen and oxygen atoms in total. The monoisotopic (exact) mass is 501 g/mol. The number of rotatable bonds is 1. The van der Waals surface area contributed by atoms with Crippen molar-refractivity contribution in [2.75, 3.05) is 0 Å². The summed E-state index contributed by atoms with van der Waals surface area (Å²) < 4.78 is 7.04. The highest BCUT2D eigenvalue weighted by molar-refractivity contribution is 5.95. The second-order valence-electron chi connectivity index (χ2n) is 13.8. The fraction of sp³-hybridized carbons (Fsp3) is 0.636. The number of carbonyl (C=O) groups is 2. The number of hydrogen-bond acceptors (Lipinski definition) is 3. The highest BCUT2D eigenvalue weighted by atomic mass is 16.5. The van der Waals surface area contributed by atoms with E-state index in [2.05, 4.69) is 76.9 Å². The summed E-state index contributed by atoms with van der Waals surface area (Å²) in [7, 11) is 0. The third-order valence-electron chi connectivity index (χ3n) is 11.3. The van der Waals surface area contributed by atoms with Crippen molar-refractivity contribution >= 4 is 11.7 Å². The van der Waals surface area contributed by atoms with Crippen molar-refractivity contribution in [3.63, 3.8) is 0 Å². The van der Waals surface area contributed by atoms with E-state index in [9.17, 15) is 9.59 Å². The highest BCUT2D eigenvalue weighted by Gasteiger charge is 2.68. The first-order chi connectivity index (χ1) is 17.5. The van der Waals surface area contributed by atoms with E-state index in [1.807, 2.05) is 13.0 Å². The summed E-state index contributed by atoms with van der Waals surface area (Å²) in [4.78, 5) is 28.1. The van der Waals surface area contributed by atoms with Gasteiger partial charge in [-0.3, -0.25) is 9.59 Å². The SMILES string of the molecule is C=CC1(C)C=C(C)C2C3C(Oc4ccc(cc4)CC4C(=O)NC(C)C4C(=O)C31)C1C(C)CC(C)CC21C. The Morgan fingerprint density at radius 2 is 1.78 bits per heavy atom. The van der Waals surface area contributed by atoms with Gasteiger partial charge < -0.3 is 10.1 Å². The number of Topliss-reactive ketones (excluding diaryl/α,β-unsaturated/α-hetero) is 1. The zero-order valence-corrected chi connectivity index (χ0v) is 23.3. The van der Waals surface area contributed by atoms with E-state index in [1.165, 1.54) is 12.0 Å². The molecule has 0 radical (unpaired) electrons. The average Bonchev–Trinajstić information content (AvgIpc) is 3.23. The number of amides is 1. The van der Waals surface area contributed by atoms with Crippen LogP contribution in [0.15, 0.2) is 48.6 Å². The molecule has 1 N–H and O–H groups in total. The lowest BCUT2D eigenvalue weighted by atomic mass is 9.53. The minimum atomic E-state index is -0.481. The lowest BCUT2D eigenvalue weighted by molar-refractivity contribution is -0.137. The Bertz CT molecular complexity index is 1170. The predicted molar refractivity (Wildman–Crippen MR) is 146 cm³/mol. The quantitative estimate of drug-likeness (QED) is 0.479. The fourth-order valence-electron chi connectivity index (χ4n) is 10.3. The van der Waals surface area contributed by atoms with Gasteiger partial charge in [0.15, 0.2) is 0 Å². The molecule has 12 unspecified atom stereocenters. The minimum absolute atomic E-state index is 0.00803. The second-order valence-corrected chi connectivity index (χ2v) is 13.8. The summed E-state index contributed by atoms with van der Waals surface area (Å²) in [6.07, 6.45) is 7.21. The van der Waals surface area contributed by atoms with Crippen molar-refractivity contribution in [2.45, 2.75) is 73.0 Å². The molecule has 6 aliphatic rings. The summed E-state index contributed by atoms with van der Waals surface area (Å²) in [6.45, 7) is 18.0. The number of ketones is 1. The van der Waals surface area contributed by atoms with E-state index >= 15 is 0 Å². The van der Waals surface area contributed by atoms with Crippen LogP contribution in [0.2, 0.25) is 0 Å². The molecule has 12 atom stereocenters. The third kappa shape index (κ3) is 3.46. The van der Waals surface area contributed by atoms with Gasteiger partial charge in [0.2, 0.25) is 5.91 Å². The molecule has 3 aliphatic heterocycles. The number of carbonyl (C=O) groups excluding carboxylic acids is 2. The smallest absolute Gasteiger partial charge is 0.224 e. The molecule has 3 aliphatic carbocycles. The van der Waals surface area contributed by atoms with Crippen LogP contribution in [0.1, 0.15) is 59.9 Å². The lowest BCUT2D eigenvalue weighted by Gasteiger charge is -2.50. The van der Waals surface area contributed by atoms with Gasteiger partial charge in [0.1, 0.15) is 17.6 Å². The molecule has 0 aromatic heterocycles. The number of nitrogens with one attached hydrogen (secondary N) is 1. The van der Waals surface area contributed by atoms with Crippen molar-refractivity contribution in [2.24, 2.45) is 58.2 Å². The van der Waals surface area contributed by atoms with Crippen LogP contribution in [0.4, 0.5) is 0 Å². The van der Waals surface area contributed by atoms with E-state index in [4.69, 9.17) is 4.74 Å². The Balaban J connectivity index is 1.60. The molecule has 198 valence electrons. The average molecular weight is 502 g/mol. The van der Waals surface area contributed by atoms with E-state index in [0.29, 0.717) is 24.2 Å². The summed E-state index contributed by atoms with van der Waals surface area (Å²) in [5.41, 5.74) is 2.04. The fourth-order valence-corrected chi connectivity index (χ4v) is 10.3. The van der Waals surface area contributed by atoms with Crippen LogP contribution >= 0.6 is 0 Å². The molecular formula is C33H43NO3. The first-order valence-corrected chi connectivity index (χ1v) is 14.4. The highest BCUT2D eigenvalue weighted by Crippen LogP contribution is 2.68. The Hall–Kier alpha value is -2.36. The van der Waals surface area contributed by atoms with Gasteiger partial charge in [-0.05, 0) is 74.0 Å². The van der Waals surface area contributed by atoms with Crippen LogP contribution in [-0.4, -0.2) is 23.8 Å². The number of ether oxygens (including phenoxy) is 1. The summed E-state index contributed by atoms with van der Waals surface area (Å²) >= 11 is 0. The predicted octanol–water partition coefficient (Wildman–Crippen LogP) is 6.01. The van der Waals surface area contributed by atoms with E-state index in [0.717, 1.165) is 17.7 Å². The molecule has 1 aromatic rings. The molecule has 7 rings (SSSR count). The Kier molecular flexibility index (Phi) is 5.61. The molecule has 1 amide bonds. The van der Waals surface area contributed by atoms with Gasteiger partial charge in [-0.2, -0.15) is 0 Å². The standard InChI is InChI=1S/C33H43NO3/c1-8-32(6)16-19(4)26-25-28(32)29(35)24-20(5)34-31(36)23(24)14-21-9-11-22(12-10-21)37-30(25)27-18(3)13-17(2)15-33(26,27)7/h8-12,16-18,20,23-28,30H,1,13-15H2,2-7H3,(H,34,36). The molecule has 0 spiro atoms. The van der Waals surface area contributed by atoms with E-state index in [-0.39, 0.29) is 58.8 Å². The van der Waals surface area contributed by atoms with Crippen molar-refractivity contribution in [1.29, 1.82) is 0 Å². The number of benzene rings is 1. The Morgan fingerprint density at radius 1 is 1.08 bits per heavy atom. The first-order valence-electron chi connectivity index (χ1n) is 14.4. The van der Waals surface area contributed by atoms with Gasteiger partial charge in [-0.15, -0.1) is 6.58 Å². The summed E-state index contributed by atoms with van der Waals surface area (Å²) in [6, 6.07) is 8.16. The molecule has 3 fully saturated rings. The van der Waals surface area contributed by atoms with Crippen molar-refractivity contribution in [3.8, 4) is 5.75 Å². The first kappa shape index (κ1) is 24.9. The van der Waals surface area contributed by atoms with E-state index < -0.39 is 5.41 Å². The normalized spacial score (nSPS) is 48.4. The molecular weight excluding hydrogens is 458 g/mol. The lowest BCUT2D eigenvalue weighted by Crippen LogP contribution is -2.51.